The van der Waals surface area contributed by atoms with Gasteiger partial charge in [0, 0.05) is 25.4 Å². The van der Waals surface area contributed by atoms with E-state index in [-0.39, 0.29) is 37.1 Å². The molecule has 0 unspecified atom stereocenters. The molecule has 0 saturated carbocycles. The lowest BCUT2D eigenvalue weighted by Gasteiger charge is -2.16. The third-order valence-corrected chi connectivity index (χ3v) is 5.05. The van der Waals surface area contributed by atoms with Gasteiger partial charge in [-0.1, -0.05) is 0 Å². The van der Waals surface area contributed by atoms with Crippen LogP contribution in [-0.4, -0.2) is 33.3 Å². The van der Waals surface area contributed by atoms with Crippen LogP contribution in [0.25, 0.3) is 5.69 Å². The summed E-state index contributed by atoms with van der Waals surface area (Å²) in [5.74, 6) is -2.44. The molecule has 0 fully saturated rings. The van der Waals surface area contributed by atoms with Crippen molar-refractivity contribution >= 4 is 21.9 Å². The third kappa shape index (κ3) is 5.71. The maximum absolute atomic E-state index is 14.7. The molecule has 36 heavy (non-hydrogen) atoms. The van der Waals surface area contributed by atoms with Crippen LogP contribution in [0.3, 0.4) is 0 Å². The molecule has 10 nitrogen and oxygen atoms in total. The van der Waals surface area contributed by atoms with Gasteiger partial charge in [-0.2, -0.15) is 18.4 Å². The summed E-state index contributed by atoms with van der Waals surface area (Å²) in [4.78, 5) is 40.4. The SMILES string of the molecule is Cn1c(C(F)(F)F)cc(=O)n(-c2cc(Oc3cccnc3OCC(=O)OCC#N)c(Br)cc2F)c1=O. The highest BCUT2D eigenvalue weighted by Gasteiger charge is 2.35. The fraction of sp³-hybridized carbons (Fsp3) is 0.190. The number of alkyl halides is 3. The van der Waals surface area contributed by atoms with Gasteiger partial charge in [-0.3, -0.25) is 9.36 Å². The van der Waals surface area contributed by atoms with Crippen LogP contribution in [-0.2, 0) is 22.8 Å². The molecule has 0 aliphatic carbocycles. The molecule has 0 aliphatic rings. The Morgan fingerprint density at radius 1 is 1.22 bits per heavy atom. The van der Waals surface area contributed by atoms with Gasteiger partial charge in [0.05, 0.1) is 10.2 Å². The van der Waals surface area contributed by atoms with Crippen LogP contribution < -0.4 is 20.7 Å². The number of benzene rings is 1. The molecule has 3 rings (SSSR count). The molecule has 0 amide bonds. The summed E-state index contributed by atoms with van der Waals surface area (Å²) < 4.78 is 69.9. The van der Waals surface area contributed by atoms with Crippen LogP contribution in [0.1, 0.15) is 5.69 Å². The Balaban J connectivity index is 2.01. The van der Waals surface area contributed by atoms with E-state index in [9.17, 15) is 31.9 Å². The smallest absolute Gasteiger partial charge is 0.431 e. The van der Waals surface area contributed by atoms with Crippen molar-refractivity contribution in [2.24, 2.45) is 7.05 Å². The largest absolute Gasteiger partial charge is 0.463 e. The molecule has 188 valence electrons. The zero-order valence-corrected chi connectivity index (χ0v) is 19.6. The molecule has 0 bridgehead atoms. The average Bonchev–Trinajstić information content (AvgIpc) is 2.81. The number of nitriles is 1. The molecule has 15 heteroatoms. The van der Waals surface area contributed by atoms with Gasteiger partial charge >= 0.3 is 17.8 Å². The molecule has 0 saturated heterocycles. The molecular weight excluding hydrogens is 560 g/mol. The van der Waals surface area contributed by atoms with Crippen LogP contribution >= 0.6 is 15.9 Å². The summed E-state index contributed by atoms with van der Waals surface area (Å²) in [6.45, 7) is -1.11. The third-order valence-electron chi connectivity index (χ3n) is 4.43. The van der Waals surface area contributed by atoms with Crippen molar-refractivity contribution in [1.82, 2.24) is 14.1 Å². The van der Waals surface area contributed by atoms with Crippen molar-refractivity contribution < 1.29 is 36.6 Å². The number of esters is 1. The quantitative estimate of drug-likeness (QED) is 0.312. The first-order valence-electron chi connectivity index (χ1n) is 9.62. The van der Waals surface area contributed by atoms with Gasteiger partial charge in [-0.25, -0.2) is 23.5 Å². The van der Waals surface area contributed by atoms with Crippen LogP contribution in [0.15, 0.2) is 50.6 Å². The fourth-order valence-electron chi connectivity index (χ4n) is 2.85. The van der Waals surface area contributed by atoms with E-state index >= 15 is 0 Å². The van der Waals surface area contributed by atoms with Gasteiger partial charge in [0.25, 0.3) is 11.4 Å². The second-order valence-electron chi connectivity index (χ2n) is 6.79. The van der Waals surface area contributed by atoms with E-state index in [1.54, 1.807) is 6.07 Å². The van der Waals surface area contributed by atoms with Crippen molar-refractivity contribution in [3.8, 4) is 29.1 Å². The number of hydrogen-bond donors (Lipinski definition) is 0. The van der Waals surface area contributed by atoms with Crippen molar-refractivity contribution in [3.05, 3.63) is 73.4 Å². The minimum absolute atomic E-state index is 0.00349. The lowest BCUT2D eigenvalue weighted by atomic mass is 10.2. The maximum Gasteiger partial charge on any atom is 0.431 e. The molecular formula is C21H13BrF4N4O6. The van der Waals surface area contributed by atoms with E-state index in [1.165, 1.54) is 18.3 Å². The molecule has 0 aliphatic heterocycles. The predicted molar refractivity (Wildman–Crippen MR) is 116 cm³/mol. The highest BCUT2D eigenvalue weighted by Crippen LogP contribution is 2.36. The van der Waals surface area contributed by atoms with Crippen LogP contribution in [0, 0.1) is 17.1 Å². The van der Waals surface area contributed by atoms with Crippen LogP contribution in [0.4, 0.5) is 17.6 Å². The molecule has 0 radical (unpaired) electrons. The Kier molecular flexibility index (Phi) is 7.78. The van der Waals surface area contributed by atoms with Gasteiger partial charge in [-0.05, 0) is 34.1 Å². The van der Waals surface area contributed by atoms with Gasteiger partial charge in [0.1, 0.15) is 23.3 Å². The minimum atomic E-state index is -4.99. The Bertz CT molecular complexity index is 1480. The van der Waals surface area contributed by atoms with E-state index in [4.69, 9.17) is 14.7 Å². The van der Waals surface area contributed by atoms with Crippen LogP contribution in [0.5, 0.6) is 17.4 Å². The highest BCUT2D eigenvalue weighted by molar-refractivity contribution is 9.10. The zero-order valence-electron chi connectivity index (χ0n) is 18.0. The standard InChI is InChI=1S/C21H13BrF4N4O6/c1-29-16(21(24,25)26)9-17(31)30(20(29)33)13-8-15(11(22)7-12(13)23)36-14-3-2-5-28-19(14)35-10-18(32)34-6-4-27/h2-3,5,7-9H,6,10H2,1H3. The predicted octanol–water partition coefficient (Wildman–Crippen LogP) is 3.09. The van der Waals surface area contributed by atoms with E-state index < -0.39 is 53.8 Å². The second-order valence-corrected chi connectivity index (χ2v) is 7.65. The number of carbonyl (C=O) groups is 1. The first-order chi connectivity index (χ1) is 16.9. The Labute approximate surface area is 207 Å². The van der Waals surface area contributed by atoms with Crippen molar-refractivity contribution in [3.63, 3.8) is 0 Å². The molecule has 0 spiro atoms. The lowest BCUT2D eigenvalue weighted by molar-refractivity contribution is -0.145. The Morgan fingerprint density at radius 2 is 1.94 bits per heavy atom. The summed E-state index contributed by atoms with van der Waals surface area (Å²) in [5.41, 5.74) is -5.05. The van der Waals surface area contributed by atoms with Crippen molar-refractivity contribution in [2.75, 3.05) is 13.2 Å². The molecule has 2 aromatic heterocycles. The monoisotopic (exact) mass is 572 g/mol. The number of carbonyl (C=O) groups excluding carboxylic acids is 1. The van der Waals surface area contributed by atoms with E-state index in [0.29, 0.717) is 0 Å². The molecule has 3 aromatic rings. The number of aromatic nitrogens is 3. The second kappa shape index (κ2) is 10.6. The van der Waals surface area contributed by atoms with Gasteiger partial charge in [0.15, 0.2) is 19.0 Å². The number of nitrogens with zero attached hydrogens (tertiary/aromatic N) is 4. The first-order valence-corrected chi connectivity index (χ1v) is 10.4. The summed E-state index contributed by atoms with van der Waals surface area (Å²) in [6.07, 6.45) is -3.68. The van der Waals surface area contributed by atoms with Crippen molar-refractivity contribution in [1.29, 1.82) is 5.26 Å². The van der Waals surface area contributed by atoms with Gasteiger partial charge < -0.3 is 14.2 Å². The Hall–Kier alpha value is -4.19. The summed E-state index contributed by atoms with van der Waals surface area (Å²) in [6, 6.07) is 6.33. The normalized spacial score (nSPS) is 11.0. The number of rotatable bonds is 7. The average molecular weight is 573 g/mol. The van der Waals surface area contributed by atoms with Gasteiger partial charge in [0.2, 0.25) is 0 Å². The van der Waals surface area contributed by atoms with E-state index in [1.807, 2.05) is 0 Å². The molecule has 0 N–H and O–H groups in total. The zero-order chi connectivity index (χ0) is 26.6. The van der Waals surface area contributed by atoms with Gasteiger partial charge in [-0.15, -0.1) is 0 Å². The lowest BCUT2D eigenvalue weighted by Crippen LogP contribution is -2.41. The molecule has 0 atom stereocenters. The van der Waals surface area contributed by atoms with Crippen molar-refractivity contribution in [2.45, 2.75) is 6.18 Å². The van der Waals surface area contributed by atoms with Crippen LogP contribution in [0.2, 0.25) is 0 Å². The maximum atomic E-state index is 14.7. The number of ether oxygens (including phenoxy) is 3. The number of pyridine rings is 1. The summed E-state index contributed by atoms with van der Waals surface area (Å²) >= 11 is 3.07. The van der Waals surface area contributed by atoms with E-state index in [0.717, 1.165) is 19.2 Å². The summed E-state index contributed by atoms with van der Waals surface area (Å²) in [7, 11) is 0.788. The first kappa shape index (κ1) is 26.4. The highest BCUT2D eigenvalue weighted by atomic mass is 79.9. The summed E-state index contributed by atoms with van der Waals surface area (Å²) in [5, 5.41) is 8.43. The topological polar surface area (TPSA) is 125 Å². The van der Waals surface area contributed by atoms with E-state index in [2.05, 4.69) is 25.7 Å². The minimum Gasteiger partial charge on any atom is -0.463 e. The number of hydrogen-bond acceptors (Lipinski definition) is 8. The fourth-order valence-corrected chi connectivity index (χ4v) is 3.25. The molecule has 1 aromatic carbocycles. The Morgan fingerprint density at radius 3 is 2.61 bits per heavy atom. The number of halogens is 5. The molecule has 2 heterocycles.